The Kier molecular flexibility index (Phi) is 7.10. The Morgan fingerprint density at radius 3 is 2.84 bits per heavy atom. The van der Waals surface area contributed by atoms with Gasteiger partial charge in [0.05, 0.1) is 18.8 Å². The lowest BCUT2D eigenvalue weighted by molar-refractivity contribution is 0.0696. The van der Waals surface area contributed by atoms with Crippen molar-refractivity contribution in [1.82, 2.24) is 10.2 Å². The molecular formula is C14H22N2O3. The van der Waals surface area contributed by atoms with E-state index in [0.29, 0.717) is 18.7 Å². The highest BCUT2D eigenvalue weighted by atomic mass is 16.5. The predicted molar refractivity (Wildman–Crippen MR) is 74.5 cm³/mol. The van der Waals surface area contributed by atoms with E-state index in [1.54, 1.807) is 18.2 Å². The summed E-state index contributed by atoms with van der Waals surface area (Å²) >= 11 is 0. The van der Waals surface area contributed by atoms with Gasteiger partial charge in [0.15, 0.2) is 0 Å². The van der Waals surface area contributed by atoms with Crippen molar-refractivity contribution in [1.29, 1.82) is 0 Å². The van der Waals surface area contributed by atoms with Crippen molar-refractivity contribution in [2.75, 3.05) is 40.4 Å². The molecule has 0 unspecified atom stereocenters. The topological polar surface area (TPSA) is 61.8 Å². The molecule has 2 N–H and O–H groups in total. The van der Waals surface area contributed by atoms with Crippen LogP contribution in [0.3, 0.4) is 0 Å². The minimum Gasteiger partial charge on any atom is -0.478 e. The van der Waals surface area contributed by atoms with Gasteiger partial charge in [-0.3, -0.25) is 0 Å². The van der Waals surface area contributed by atoms with Gasteiger partial charge >= 0.3 is 5.97 Å². The average molecular weight is 266 g/mol. The van der Waals surface area contributed by atoms with E-state index in [1.807, 2.05) is 20.2 Å². The molecule has 0 heterocycles. The summed E-state index contributed by atoms with van der Waals surface area (Å²) in [5.74, 6) is -0.895. The molecule has 0 aromatic heterocycles. The summed E-state index contributed by atoms with van der Waals surface area (Å²) in [6.45, 7) is 3.71. The number of nitrogens with one attached hydrogen (secondary N) is 1. The van der Waals surface area contributed by atoms with Crippen LogP contribution in [0.25, 0.3) is 0 Å². The third-order valence-electron chi connectivity index (χ3n) is 2.61. The summed E-state index contributed by atoms with van der Waals surface area (Å²) in [5, 5.41) is 12.1. The monoisotopic (exact) mass is 266 g/mol. The maximum atomic E-state index is 10.8. The molecule has 0 aliphatic rings. The van der Waals surface area contributed by atoms with Crippen LogP contribution in [0.4, 0.5) is 0 Å². The number of aromatic carboxylic acids is 1. The van der Waals surface area contributed by atoms with E-state index in [9.17, 15) is 4.79 Å². The van der Waals surface area contributed by atoms with Crippen LogP contribution in [0, 0.1) is 0 Å². The molecule has 0 atom stereocenters. The van der Waals surface area contributed by atoms with Crippen molar-refractivity contribution in [2.45, 2.75) is 6.54 Å². The van der Waals surface area contributed by atoms with Crippen LogP contribution < -0.4 is 5.32 Å². The molecule has 0 amide bonds. The number of carboxylic acid groups (broad SMARTS) is 1. The highest BCUT2D eigenvalue weighted by molar-refractivity contribution is 5.87. The van der Waals surface area contributed by atoms with E-state index in [4.69, 9.17) is 9.84 Å². The highest BCUT2D eigenvalue weighted by Gasteiger charge is 2.02. The molecule has 0 fully saturated rings. The molecule has 0 radical (unpaired) electrons. The smallest absolute Gasteiger partial charge is 0.335 e. The van der Waals surface area contributed by atoms with Gasteiger partial charge in [-0.2, -0.15) is 0 Å². The average Bonchev–Trinajstić information content (AvgIpc) is 2.37. The number of nitrogens with zero attached hydrogens (tertiary/aromatic N) is 1. The molecule has 1 aromatic rings. The number of carbonyl (C=O) groups is 1. The molecule has 0 aliphatic heterocycles. The van der Waals surface area contributed by atoms with E-state index >= 15 is 0 Å². The van der Waals surface area contributed by atoms with E-state index in [2.05, 4.69) is 10.2 Å². The molecule has 106 valence electrons. The molecule has 1 aromatic carbocycles. The quantitative estimate of drug-likeness (QED) is 0.654. The Balaban J connectivity index is 2.15. The molecule has 0 saturated carbocycles. The van der Waals surface area contributed by atoms with Crippen molar-refractivity contribution in [3.05, 3.63) is 35.4 Å². The second-order valence-corrected chi connectivity index (χ2v) is 4.60. The van der Waals surface area contributed by atoms with Crippen LogP contribution >= 0.6 is 0 Å². The normalized spacial score (nSPS) is 10.9. The van der Waals surface area contributed by atoms with Gasteiger partial charge < -0.3 is 20.1 Å². The van der Waals surface area contributed by atoms with Gasteiger partial charge in [-0.1, -0.05) is 12.1 Å². The summed E-state index contributed by atoms with van der Waals surface area (Å²) in [6.07, 6.45) is 0. The minimum atomic E-state index is -0.895. The van der Waals surface area contributed by atoms with E-state index in [0.717, 1.165) is 25.3 Å². The zero-order valence-corrected chi connectivity index (χ0v) is 11.6. The largest absolute Gasteiger partial charge is 0.478 e. The van der Waals surface area contributed by atoms with Crippen molar-refractivity contribution < 1.29 is 14.6 Å². The first-order valence-corrected chi connectivity index (χ1v) is 6.35. The van der Waals surface area contributed by atoms with Crippen LogP contribution in [0.5, 0.6) is 0 Å². The van der Waals surface area contributed by atoms with Crippen molar-refractivity contribution in [2.24, 2.45) is 0 Å². The van der Waals surface area contributed by atoms with Gasteiger partial charge in [0, 0.05) is 19.6 Å². The lowest BCUT2D eigenvalue weighted by Gasteiger charge is -2.10. The summed E-state index contributed by atoms with van der Waals surface area (Å²) in [4.78, 5) is 12.9. The molecule has 19 heavy (non-hydrogen) atoms. The molecule has 5 nitrogen and oxygen atoms in total. The second-order valence-electron chi connectivity index (χ2n) is 4.60. The Bertz CT molecular complexity index is 394. The van der Waals surface area contributed by atoms with Gasteiger partial charge in [-0.25, -0.2) is 4.79 Å². The van der Waals surface area contributed by atoms with Gasteiger partial charge in [-0.05, 0) is 31.8 Å². The zero-order valence-electron chi connectivity index (χ0n) is 11.6. The summed E-state index contributed by atoms with van der Waals surface area (Å²) < 4.78 is 5.45. The van der Waals surface area contributed by atoms with E-state index in [1.165, 1.54) is 0 Å². The summed E-state index contributed by atoms with van der Waals surface area (Å²) in [6, 6.07) is 6.94. The van der Waals surface area contributed by atoms with Crippen molar-refractivity contribution >= 4 is 5.97 Å². The zero-order chi connectivity index (χ0) is 14.1. The summed E-state index contributed by atoms with van der Waals surface area (Å²) in [7, 11) is 4.02. The summed E-state index contributed by atoms with van der Waals surface area (Å²) in [5.41, 5.74) is 1.29. The third-order valence-corrected chi connectivity index (χ3v) is 2.61. The third kappa shape index (κ3) is 6.91. The Morgan fingerprint density at radius 1 is 1.37 bits per heavy atom. The molecule has 0 aliphatic carbocycles. The SMILES string of the molecule is CN(C)CCOCCNCc1cccc(C(=O)O)c1. The first-order chi connectivity index (χ1) is 9.09. The molecule has 0 spiro atoms. The van der Waals surface area contributed by atoms with Crippen LogP contribution in [-0.4, -0.2) is 56.4 Å². The van der Waals surface area contributed by atoms with Crippen molar-refractivity contribution in [3.63, 3.8) is 0 Å². The molecule has 0 saturated heterocycles. The van der Waals surface area contributed by atoms with Gasteiger partial charge in [-0.15, -0.1) is 0 Å². The van der Waals surface area contributed by atoms with Crippen LogP contribution in [0.2, 0.25) is 0 Å². The Hall–Kier alpha value is -1.43. The standard InChI is InChI=1S/C14H22N2O3/c1-16(2)7-9-19-8-6-15-11-12-4-3-5-13(10-12)14(17)18/h3-5,10,15H,6-9,11H2,1-2H3,(H,17,18). The number of ether oxygens (including phenoxy) is 1. The fourth-order valence-corrected chi connectivity index (χ4v) is 1.54. The first kappa shape index (κ1) is 15.6. The lowest BCUT2D eigenvalue weighted by Crippen LogP contribution is -2.23. The second kappa shape index (κ2) is 8.63. The molecular weight excluding hydrogens is 244 g/mol. The predicted octanol–water partition coefficient (Wildman–Crippen LogP) is 1.05. The van der Waals surface area contributed by atoms with Gasteiger partial charge in [0.25, 0.3) is 0 Å². The van der Waals surface area contributed by atoms with Crippen LogP contribution in [0.15, 0.2) is 24.3 Å². The lowest BCUT2D eigenvalue weighted by atomic mass is 10.1. The van der Waals surface area contributed by atoms with Crippen molar-refractivity contribution in [3.8, 4) is 0 Å². The fraction of sp³-hybridized carbons (Fsp3) is 0.500. The number of carboxylic acids is 1. The Labute approximate surface area is 114 Å². The number of hydrogen-bond acceptors (Lipinski definition) is 4. The number of rotatable bonds is 9. The van der Waals surface area contributed by atoms with Crippen LogP contribution in [-0.2, 0) is 11.3 Å². The van der Waals surface area contributed by atoms with Gasteiger partial charge in [0.1, 0.15) is 0 Å². The fourth-order valence-electron chi connectivity index (χ4n) is 1.54. The number of benzene rings is 1. The van der Waals surface area contributed by atoms with E-state index < -0.39 is 5.97 Å². The number of hydrogen-bond donors (Lipinski definition) is 2. The molecule has 0 bridgehead atoms. The first-order valence-electron chi connectivity index (χ1n) is 6.35. The van der Waals surface area contributed by atoms with E-state index in [-0.39, 0.29) is 0 Å². The maximum absolute atomic E-state index is 10.8. The van der Waals surface area contributed by atoms with Gasteiger partial charge in [0.2, 0.25) is 0 Å². The number of likely N-dealkylation sites (N-methyl/N-ethyl adjacent to an activating group) is 1. The minimum absolute atomic E-state index is 0.321. The maximum Gasteiger partial charge on any atom is 0.335 e. The highest BCUT2D eigenvalue weighted by Crippen LogP contribution is 2.04. The molecule has 5 heteroatoms. The van der Waals surface area contributed by atoms with Crippen LogP contribution in [0.1, 0.15) is 15.9 Å². The Morgan fingerprint density at radius 2 is 2.16 bits per heavy atom. The molecule has 1 rings (SSSR count).